The van der Waals surface area contributed by atoms with Crippen LogP contribution < -0.4 is 15.5 Å². The smallest absolute Gasteiger partial charge is 0.347 e. The second-order valence-electron chi connectivity index (χ2n) is 4.56. The largest absolute Gasteiger partial charge is 0.465 e. The van der Waals surface area contributed by atoms with Gasteiger partial charge in [-0.1, -0.05) is 24.3 Å². The van der Waals surface area contributed by atoms with Crippen molar-refractivity contribution in [1.82, 2.24) is 0 Å². The lowest BCUT2D eigenvalue weighted by molar-refractivity contribution is 0.0601. The molecule has 1 aliphatic heterocycles. The van der Waals surface area contributed by atoms with Crippen LogP contribution in [0, 0.1) is 0 Å². The van der Waals surface area contributed by atoms with E-state index in [1.54, 1.807) is 42.5 Å². The molecule has 0 unspecified atom stereocenters. The fourth-order valence-electron chi connectivity index (χ4n) is 2.27. The summed E-state index contributed by atoms with van der Waals surface area (Å²) in [6, 6.07) is 12.6. The van der Waals surface area contributed by atoms with Gasteiger partial charge in [0.05, 0.1) is 24.0 Å². The highest BCUT2D eigenvalue weighted by Crippen LogP contribution is 2.34. The van der Waals surface area contributed by atoms with E-state index in [4.69, 9.17) is 4.74 Å². The zero-order valence-corrected chi connectivity index (χ0v) is 11.7. The molecule has 1 heterocycles. The fraction of sp³-hybridized carbons (Fsp3) is 0.0667. The van der Waals surface area contributed by atoms with Crippen LogP contribution in [0.25, 0.3) is 0 Å². The van der Waals surface area contributed by atoms with Gasteiger partial charge in [-0.05, 0) is 24.3 Å². The molecule has 0 atom stereocenters. The maximum Gasteiger partial charge on any atom is 0.347 e. The lowest BCUT2D eigenvalue weighted by Gasteiger charge is -2.36. The average molecular weight is 299 g/mol. The van der Waals surface area contributed by atoms with Gasteiger partial charge in [-0.15, -0.1) is 0 Å². The molecule has 3 rings (SSSR count). The van der Waals surface area contributed by atoms with Gasteiger partial charge in [0.1, 0.15) is 5.69 Å². The van der Waals surface area contributed by atoms with Crippen LogP contribution in [0.4, 0.5) is 21.9 Å². The monoisotopic (exact) mass is 299 g/mol. The first-order chi connectivity index (χ1) is 10.6. The van der Waals surface area contributed by atoms with Gasteiger partial charge in [0, 0.05) is 0 Å². The number of nitrogens with zero attached hydrogens (tertiary/aromatic N) is 2. The van der Waals surface area contributed by atoms with Gasteiger partial charge < -0.3 is 10.1 Å². The van der Waals surface area contributed by atoms with Crippen molar-refractivity contribution in [1.29, 1.82) is 0 Å². The first-order valence-electron chi connectivity index (χ1n) is 6.50. The number of ether oxygens (including phenoxy) is 1. The van der Waals surface area contributed by atoms with Gasteiger partial charge in [-0.2, -0.15) is 10.2 Å². The Labute approximate surface area is 126 Å². The van der Waals surface area contributed by atoms with Crippen LogP contribution in [0.3, 0.4) is 0 Å². The molecule has 0 bridgehead atoms. The number of hydrogen-bond acceptors (Lipinski definition) is 5. The molecule has 7 nitrogen and oxygen atoms in total. The summed E-state index contributed by atoms with van der Waals surface area (Å²) in [4.78, 5) is 24.1. The van der Waals surface area contributed by atoms with Crippen LogP contribution in [0.2, 0.25) is 0 Å². The molecule has 2 N–H and O–H groups in total. The Morgan fingerprint density at radius 2 is 1.73 bits per heavy atom. The minimum absolute atomic E-state index is 0.165. The molecule has 7 heteroatoms. The van der Waals surface area contributed by atoms with Crippen LogP contribution in [-0.2, 0) is 4.74 Å². The van der Waals surface area contributed by atoms with Gasteiger partial charge in [0.15, 0.2) is 0 Å². The van der Waals surface area contributed by atoms with Crippen molar-refractivity contribution in [3.8, 4) is 0 Å². The standard InChI is InChI=1S/C15H13N3O4/c1-22-14(19)10-6-2-4-8-12(10)17-15(20)16-11-7-3-5-9-13(11)18(17)21/h2-9,21H,1H3,(H,16,20). The van der Waals surface area contributed by atoms with Crippen molar-refractivity contribution in [3.05, 3.63) is 54.1 Å². The molecule has 0 spiro atoms. The molecule has 0 aliphatic carbocycles. The van der Waals surface area contributed by atoms with E-state index in [1.807, 2.05) is 0 Å². The lowest BCUT2D eigenvalue weighted by atomic mass is 10.1. The van der Waals surface area contributed by atoms with Crippen molar-refractivity contribution in [2.24, 2.45) is 0 Å². The minimum Gasteiger partial charge on any atom is -0.465 e. The SMILES string of the molecule is COC(=O)c1ccccc1N1C(=O)Nc2ccccc2N1O. The van der Waals surface area contributed by atoms with Crippen LogP contribution in [-0.4, -0.2) is 24.3 Å². The number of methoxy groups -OCH3 is 1. The number of fused-ring (bicyclic) bond motifs is 1. The number of hydrogen-bond donors (Lipinski definition) is 2. The number of para-hydroxylation sites is 3. The summed E-state index contributed by atoms with van der Waals surface area (Å²) in [5, 5.41) is 14.7. The molecule has 0 fully saturated rings. The Bertz CT molecular complexity index is 747. The summed E-state index contributed by atoms with van der Waals surface area (Å²) in [5.74, 6) is -0.601. The van der Waals surface area contributed by atoms with E-state index in [0.29, 0.717) is 16.5 Å². The average Bonchev–Trinajstić information content (AvgIpc) is 2.54. The van der Waals surface area contributed by atoms with Crippen molar-refractivity contribution >= 4 is 29.1 Å². The highest BCUT2D eigenvalue weighted by Gasteiger charge is 2.32. The third-order valence-corrected chi connectivity index (χ3v) is 3.28. The number of urea groups is 1. The topological polar surface area (TPSA) is 82.1 Å². The van der Waals surface area contributed by atoms with E-state index in [0.717, 1.165) is 5.01 Å². The first kappa shape index (κ1) is 13.9. The number of carbonyl (C=O) groups is 2. The molecule has 0 aromatic heterocycles. The molecule has 2 aromatic rings. The van der Waals surface area contributed by atoms with Crippen molar-refractivity contribution in [3.63, 3.8) is 0 Å². The van der Waals surface area contributed by atoms with Gasteiger partial charge in [-0.3, -0.25) is 5.21 Å². The number of carbonyl (C=O) groups excluding carboxylic acids is 2. The number of benzene rings is 2. The van der Waals surface area contributed by atoms with Crippen LogP contribution in [0.15, 0.2) is 48.5 Å². The molecule has 1 aliphatic rings. The molecule has 0 saturated carbocycles. The molecule has 0 radical (unpaired) electrons. The molecule has 22 heavy (non-hydrogen) atoms. The summed E-state index contributed by atoms with van der Waals surface area (Å²) in [7, 11) is 1.25. The predicted molar refractivity (Wildman–Crippen MR) is 80.0 cm³/mol. The van der Waals surface area contributed by atoms with Crippen LogP contribution in [0.5, 0.6) is 0 Å². The first-order valence-corrected chi connectivity index (χ1v) is 6.50. The third kappa shape index (κ3) is 2.13. The fourth-order valence-corrected chi connectivity index (χ4v) is 2.27. The number of esters is 1. The van der Waals surface area contributed by atoms with Gasteiger partial charge in [-0.25, -0.2) is 9.59 Å². The van der Waals surface area contributed by atoms with Gasteiger partial charge in [0.2, 0.25) is 0 Å². The second kappa shape index (κ2) is 5.38. The van der Waals surface area contributed by atoms with Crippen molar-refractivity contribution < 1.29 is 19.5 Å². The van der Waals surface area contributed by atoms with E-state index in [-0.39, 0.29) is 11.3 Å². The molecule has 2 aromatic carbocycles. The maximum atomic E-state index is 12.3. The Morgan fingerprint density at radius 3 is 2.45 bits per heavy atom. The van der Waals surface area contributed by atoms with Crippen LogP contribution >= 0.6 is 0 Å². The maximum absolute atomic E-state index is 12.3. The second-order valence-corrected chi connectivity index (χ2v) is 4.56. The number of anilines is 3. The zero-order chi connectivity index (χ0) is 15.7. The predicted octanol–water partition coefficient (Wildman–Crippen LogP) is 2.64. The van der Waals surface area contributed by atoms with E-state index < -0.39 is 12.0 Å². The lowest BCUT2D eigenvalue weighted by Crippen LogP contribution is -2.51. The van der Waals surface area contributed by atoms with Gasteiger partial charge in [0.25, 0.3) is 0 Å². The Morgan fingerprint density at radius 1 is 1.09 bits per heavy atom. The summed E-state index contributed by atoms with van der Waals surface area (Å²) in [6.07, 6.45) is 0. The molecule has 112 valence electrons. The number of amides is 2. The quantitative estimate of drug-likeness (QED) is 0.833. The Kier molecular flexibility index (Phi) is 3.40. The van der Waals surface area contributed by atoms with E-state index in [1.165, 1.54) is 13.2 Å². The summed E-state index contributed by atoms with van der Waals surface area (Å²) >= 11 is 0. The molecule has 2 amide bonds. The van der Waals surface area contributed by atoms with E-state index in [9.17, 15) is 14.8 Å². The minimum atomic E-state index is -0.601. The highest BCUT2D eigenvalue weighted by molar-refractivity contribution is 6.11. The van der Waals surface area contributed by atoms with Crippen molar-refractivity contribution in [2.45, 2.75) is 0 Å². The number of rotatable bonds is 2. The summed E-state index contributed by atoms with van der Waals surface area (Å²) in [6.45, 7) is 0. The number of hydrazine groups is 1. The van der Waals surface area contributed by atoms with Crippen molar-refractivity contribution in [2.75, 3.05) is 22.6 Å². The molecular formula is C15H13N3O4. The van der Waals surface area contributed by atoms with E-state index >= 15 is 0 Å². The highest BCUT2D eigenvalue weighted by atomic mass is 16.6. The Balaban J connectivity index is 2.10. The summed E-state index contributed by atoms with van der Waals surface area (Å²) < 4.78 is 4.71. The molecular weight excluding hydrogens is 286 g/mol. The Hall–Kier alpha value is -3.06. The number of nitrogens with one attached hydrogen (secondary N) is 1. The zero-order valence-electron chi connectivity index (χ0n) is 11.7. The molecule has 0 saturated heterocycles. The van der Waals surface area contributed by atoms with E-state index in [2.05, 4.69) is 5.32 Å². The summed E-state index contributed by atoms with van der Waals surface area (Å²) in [5.41, 5.74) is 1.24. The normalized spacial score (nSPS) is 13.5. The van der Waals surface area contributed by atoms with Gasteiger partial charge >= 0.3 is 12.0 Å². The van der Waals surface area contributed by atoms with Crippen LogP contribution in [0.1, 0.15) is 10.4 Å². The third-order valence-electron chi connectivity index (χ3n) is 3.28.